The number of para-hydroxylation sites is 1. The molecule has 1 amide bonds. The molecule has 212 valence electrons. The fourth-order valence-corrected chi connectivity index (χ4v) is 6.18. The summed E-state index contributed by atoms with van der Waals surface area (Å²) in [7, 11) is 3.28. The Hall–Kier alpha value is -4.56. The number of hydrazone groups is 1. The highest BCUT2D eigenvalue weighted by molar-refractivity contribution is 8.00. The van der Waals surface area contributed by atoms with Crippen LogP contribution < -0.4 is 9.47 Å². The molecule has 42 heavy (non-hydrogen) atoms. The van der Waals surface area contributed by atoms with E-state index in [1.807, 2.05) is 60.7 Å². The summed E-state index contributed by atoms with van der Waals surface area (Å²) in [6.45, 7) is 0.608. The Morgan fingerprint density at radius 1 is 0.905 bits per heavy atom. The molecular formula is C34H30FN3O3S. The van der Waals surface area contributed by atoms with Crippen molar-refractivity contribution >= 4 is 34.3 Å². The smallest absolute Gasteiger partial charge is 0.253 e. The lowest BCUT2D eigenvalue weighted by Crippen LogP contribution is -2.28. The van der Waals surface area contributed by atoms with Gasteiger partial charge in [-0.15, -0.1) is 11.8 Å². The molecule has 1 aliphatic heterocycles. The van der Waals surface area contributed by atoms with E-state index in [-0.39, 0.29) is 23.5 Å². The number of amides is 1. The van der Waals surface area contributed by atoms with E-state index in [0.29, 0.717) is 13.0 Å². The van der Waals surface area contributed by atoms with Crippen molar-refractivity contribution < 1.29 is 18.7 Å². The first-order chi connectivity index (χ1) is 20.5. The van der Waals surface area contributed by atoms with Gasteiger partial charge in [0.05, 0.1) is 31.7 Å². The Kier molecular flexibility index (Phi) is 7.97. The van der Waals surface area contributed by atoms with Crippen LogP contribution in [-0.2, 0) is 11.3 Å². The summed E-state index contributed by atoms with van der Waals surface area (Å²) in [6, 6.07) is 30.0. The number of aromatic nitrogens is 1. The van der Waals surface area contributed by atoms with Crippen molar-refractivity contribution in [1.82, 2.24) is 9.58 Å². The molecule has 0 fully saturated rings. The third-order valence-corrected chi connectivity index (χ3v) is 8.49. The van der Waals surface area contributed by atoms with Crippen molar-refractivity contribution in [3.63, 3.8) is 0 Å². The minimum atomic E-state index is -0.251. The summed E-state index contributed by atoms with van der Waals surface area (Å²) in [6.07, 6.45) is 2.68. The molecule has 0 radical (unpaired) electrons. The summed E-state index contributed by atoms with van der Waals surface area (Å²) >= 11 is 1.51. The fourth-order valence-electron chi connectivity index (χ4n) is 5.23. The number of hydrogen-bond donors (Lipinski definition) is 0. The zero-order valence-corrected chi connectivity index (χ0v) is 24.2. The normalized spacial score (nSPS) is 14.7. The van der Waals surface area contributed by atoms with Crippen LogP contribution in [0.15, 0.2) is 113 Å². The van der Waals surface area contributed by atoms with Gasteiger partial charge in [-0.2, -0.15) is 5.10 Å². The molecule has 6 rings (SSSR count). The van der Waals surface area contributed by atoms with E-state index < -0.39 is 0 Å². The van der Waals surface area contributed by atoms with Gasteiger partial charge < -0.3 is 14.0 Å². The van der Waals surface area contributed by atoms with Crippen LogP contribution in [0, 0.1) is 5.82 Å². The average molecular weight is 580 g/mol. The second-order valence-corrected chi connectivity index (χ2v) is 11.1. The second kappa shape index (κ2) is 12.1. The van der Waals surface area contributed by atoms with Crippen molar-refractivity contribution in [2.24, 2.45) is 5.10 Å². The van der Waals surface area contributed by atoms with Gasteiger partial charge >= 0.3 is 0 Å². The third-order valence-electron chi connectivity index (χ3n) is 7.46. The standard InChI is InChI=1S/C34H30FN3O3S/c1-40-27-15-9-24(10-16-27)30-19-32(25-11-17-28(41-2)18-12-25)38(36-30)34(39)22-42-33-21-37(31-6-4-3-5-29(31)33)20-23-7-13-26(35)14-8-23/h3-18,21,32H,19-20,22H2,1-2H3. The predicted octanol–water partition coefficient (Wildman–Crippen LogP) is 7.32. The van der Waals surface area contributed by atoms with Gasteiger partial charge in [-0.25, -0.2) is 9.40 Å². The number of fused-ring (bicyclic) bond motifs is 1. The van der Waals surface area contributed by atoms with Crippen molar-refractivity contribution in [3.05, 3.63) is 126 Å². The Balaban J connectivity index is 1.25. The lowest BCUT2D eigenvalue weighted by atomic mass is 9.98. The van der Waals surface area contributed by atoms with E-state index in [1.165, 1.54) is 23.9 Å². The summed E-state index contributed by atoms with van der Waals surface area (Å²) in [4.78, 5) is 14.8. The van der Waals surface area contributed by atoms with Crippen LogP contribution in [0.2, 0.25) is 0 Å². The topological polar surface area (TPSA) is 56.1 Å². The van der Waals surface area contributed by atoms with Gasteiger partial charge in [0.25, 0.3) is 5.91 Å². The first-order valence-corrected chi connectivity index (χ1v) is 14.6. The number of nitrogens with zero attached hydrogens (tertiary/aromatic N) is 3. The van der Waals surface area contributed by atoms with Crippen molar-refractivity contribution in [3.8, 4) is 11.5 Å². The SMILES string of the molecule is COc1ccc(C2=NN(C(=O)CSc3cn(Cc4ccc(F)cc4)c4ccccc34)C(c3ccc(OC)cc3)C2)cc1. The van der Waals surface area contributed by atoms with E-state index in [2.05, 4.69) is 22.9 Å². The number of hydrogen-bond acceptors (Lipinski definition) is 5. The Morgan fingerprint density at radius 3 is 2.26 bits per heavy atom. The first-order valence-electron chi connectivity index (χ1n) is 13.7. The van der Waals surface area contributed by atoms with Crippen LogP contribution in [0.1, 0.15) is 29.2 Å². The maximum Gasteiger partial charge on any atom is 0.253 e. The van der Waals surface area contributed by atoms with Crippen LogP contribution in [-0.4, -0.2) is 41.2 Å². The molecule has 0 bridgehead atoms. The summed E-state index contributed by atoms with van der Waals surface area (Å²) < 4.78 is 26.2. The number of rotatable bonds is 9. The minimum Gasteiger partial charge on any atom is -0.497 e. The van der Waals surface area contributed by atoms with E-state index in [4.69, 9.17) is 14.6 Å². The minimum absolute atomic E-state index is 0.0697. The zero-order valence-electron chi connectivity index (χ0n) is 23.4. The molecule has 0 N–H and O–H groups in total. The van der Waals surface area contributed by atoms with Gasteiger partial charge in [0.1, 0.15) is 17.3 Å². The highest BCUT2D eigenvalue weighted by Gasteiger charge is 2.33. The Bertz CT molecular complexity index is 1730. The third kappa shape index (κ3) is 5.76. The molecule has 6 nitrogen and oxygen atoms in total. The maximum atomic E-state index is 13.8. The first kappa shape index (κ1) is 27.6. The van der Waals surface area contributed by atoms with Crippen LogP contribution in [0.4, 0.5) is 4.39 Å². The summed E-state index contributed by atoms with van der Waals surface area (Å²) in [5.41, 5.74) is 4.88. The fraction of sp³-hybridized carbons (Fsp3) is 0.176. The maximum absolute atomic E-state index is 13.8. The summed E-state index contributed by atoms with van der Waals surface area (Å²) in [5.74, 6) is 1.44. The number of ether oxygens (including phenoxy) is 2. The van der Waals surface area contributed by atoms with Gasteiger partial charge in [-0.1, -0.05) is 42.5 Å². The summed E-state index contributed by atoms with van der Waals surface area (Å²) in [5, 5.41) is 7.54. The van der Waals surface area contributed by atoms with Gasteiger partial charge in [0.2, 0.25) is 0 Å². The lowest BCUT2D eigenvalue weighted by molar-refractivity contribution is -0.130. The highest BCUT2D eigenvalue weighted by Crippen LogP contribution is 2.36. The van der Waals surface area contributed by atoms with Gasteiger partial charge in [0.15, 0.2) is 0 Å². The number of benzene rings is 4. The molecule has 1 aromatic heterocycles. The van der Waals surface area contributed by atoms with Gasteiger partial charge in [0, 0.05) is 35.0 Å². The largest absolute Gasteiger partial charge is 0.497 e. The van der Waals surface area contributed by atoms with Crippen LogP contribution >= 0.6 is 11.8 Å². The van der Waals surface area contributed by atoms with Crippen LogP contribution in [0.5, 0.6) is 11.5 Å². The molecule has 0 aliphatic carbocycles. The van der Waals surface area contributed by atoms with E-state index in [0.717, 1.165) is 49.7 Å². The van der Waals surface area contributed by atoms with Gasteiger partial charge in [-0.3, -0.25) is 4.79 Å². The molecule has 5 aromatic rings. The molecule has 1 aliphatic rings. The predicted molar refractivity (Wildman–Crippen MR) is 165 cm³/mol. The Labute approximate surface area is 248 Å². The van der Waals surface area contributed by atoms with Crippen molar-refractivity contribution in [1.29, 1.82) is 0 Å². The molecule has 1 atom stereocenters. The van der Waals surface area contributed by atoms with Crippen molar-refractivity contribution in [2.45, 2.75) is 23.9 Å². The molecule has 2 heterocycles. The second-order valence-electron chi connectivity index (χ2n) is 10.1. The number of carbonyl (C=O) groups is 1. The molecule has 1 unspecified atom stereocenters. The van der Waals surface area contributed by atoms with Crippen LogP contribution in [0.3, 0.4) is 0 Å². The number of carbonyl (C=O) groups excluding carboxylic acids is 1. The molecule has 8 heteroatoms. The average Bonchev–Trinajstić information content (AvgIpc) is 3.64. The molecular weight excluding hydrogens is 549 g/mol. The number of halogens is 1. The Morgan fingerprint density at radius 2 is 1.57 bits per heavy atom. The quantitative estimate of drug-likeness (QED) is 0.172. The molecule has 0 saturated carbocycles. The zero-order chi connectivity index (χ0) is 29.1. The lowest BCUT2D eigenvalue weighted by Gasteiger charge is -2.22. The van der Waals surface area contributed by atoms with E-state index >= 15 is 0 Å². The van der Waals surface area contributed by atoms with Gasteiger partial charge in [-0.05, 0) is 71.3 Å². The van der Waals surface area contributed by atoms with E-state index in [1.54, 1.807) is 31.4 Å². The van der Waals surface area contributed by atoms with Crippen molar-refractivity contribution in [2.75, 3.05) is 20.0 Å². The molecule has 0 spiro atoms. The molecule has 4 aromatic carbocycles. The van der Waals surface area contributed by atoms with Crippen LogP contribution in [0.25, 0.3) is 10.9 Å². The highest BCUT2D eigenvalue weighted by atomic mass is 32.2. The number of thioether (sulfide) groups is 1. The molecule has 0 saturated heterocycles. The number of methoxy groups -OCH3 is 2. The van der Waals surface area contributed by atoms with E-state index in [9.17, 15) is 9.18 Å². The monoisotopic (exact) mass is 579 g/mol.